The number of phenolic OH excluding ortho intramolecular Hbond substituents is 1. The molecule has 96 valence electrons. The minimum Gasteiger partial charge on any atom is -0.506 e. The largest absolute Gasteiger partial charge is 0.506 e. The lowest BCUT2D eigenvalue weighted by Crippen LogP contribution is -2.14. The number of benzene rings is 1. The zero-order valence-electron chi connectivity index (χ0n) is 9.28. The molecule has 8 heteroatoms. The molecular weight excluding hydrogens is 260 g/mol. The third kappa shape index (κ3) is 2.15. The number of phenols is 1. The SMILES string of the molecule is Cc1cc(=O)n(-c2ccc(O)c(S(=O)(=O)O)c2)[nH]1. The van der Waals surface area contributed by atoms with Crippen molar-refractivity contribution in [2.75, 3.05) is 0 Å². The maximum absolute atomic E-state index is 11.5. The molecule has 0 unspecified atom stereocenters. The molecule has 1 aromatic heterocycles. The second-order valence-electron chi connectivity index (χ2n) is 3.74. The van der Waals surface area contributed by atoms with Crippen molar-refractivity contribution < 1.29 is 18.1 Å². The van der Waals surface area contributed by atoms with Gasteiger partial charge in [0.2, 0.25) is 0 Å². The summed E-state index contributed by atoms with van der Waals surface area (Å²) in [5.41, 5.74) is 0.416. The summed E-state index contributed by atoms with van der Waals surface area (Å²) in [7, 11) is -4.55. The number of nitrogens with zero attached hydrogens (tertiary/aromatic N) is 1. The van der Waals surface area contributed by atoms with Crippen LogP contribution in [0.4, 0.5) is 0 Å². The topological polar surface area (TPSA) is 112 Å². The molecule has 0 saturated heterocycles. The van der Waals surface area contributed by atoms with Crippen LogP contribution in [0.2, 0.25) is 0 Å². The number of nitrogens with one attached hydrogen (secondary N) is 1. The summed E-state index contributed by atoms with van der Waals surface area (Å²) in [4.78, 5) is 10.9. The molecule has 1 heterocycles. The maximum atomic E-state index is 11.5. The predicted molar refractivity (Wildman–Crippen MR) is 62.6 cm³/mol. The average Bonchev–Trinajstić information content (AvgIpc) is 2.57. The van der Waals surface area contributed by atoms with Gasteiger partial charge in [-0.25, -0.2) is 4.68 Å². The number of aromatic amines is 1. The van der Waals surface area contributed by atoms with Gasteiger partial charge in [0.05, 0.1) is 5.69 Å². The lowest BCUT2D eigenvalue weighted by molar-refractivity contribution is 0.443. The zero-order chi connectivity index (χ0) is 13.5. The fraction of sp³-hybridized carbons (Fsp3) is 0.100. The molecule has 0 aliphatic carbocycles. The normalized spacial score (nSPS) is 11.7. The highest BCUT2D eigenvalue weighted by Crippen LogP contribution is 2.24. The van der Waals surface area contributed by atoms with Crippen molar-refractivity contribution in [3.8, 4) is 11.4 Å². The van der Waals surface area contributed by atoms with E-state index in [4.69, 9.17) is 4.55 Å². The van der Waals surface area contributed by atoms with Crippen molar-refractivity contribution in [2.24, 2.45) is 0 Å². The quantitative estimate of drug-likeness (QED) is 0.685. The van der Waals surface area contributed by atoms with Gasteiger partial charge >= 0.3 is 0 Å². The lowest BCUT2D eigenvalue weighted by atomic mass is 10.3. The van der Waals surface area contributed by atoms with Crippen LogP contribution >= 0.6 is 0 Å². The van der Waals surface area contributed by atoms with Crippen LogP contribution in [0.3, 0.4) is 0 Å². The standard InChI is InChI=1S/C10H10N2O5S/c1-6-4-10(14)12(11-6)7-2-3-8(13)9(5-7)18(15,16)17/h2-5,11,13H,1H3,(H,15,16,17). The summed E-state index contributed by atoms with van der Waals surface area (Å²) >= 11 is 0. The molecule has 0 aliphatic heterocycles. The van der Waals surface area contributed by atoms with Crippen molar-refractivity contribution in [1.29, 1.82) is 0 Å². The van der Waals surface area contributed by atoms with Crippen molar-refractivity contribution in [1.82, 2.24) is 9.78 Å². The van der Waals surface area contributed by atoms with E-state index in [-0.39, 0.29) is 11.2 Å². The molecule has 0 amide bonds. The number of H-pyrrole nitrogens is 1. The molecule has 0 spiro atoms. The highest BCUT2D eigenvalue weighted by Gasteiger charge is 2.17. The molecule has 0 atom stereocenters. The summed E-state index contributed by atoms with van der Waals surface area (Å²) in [6.45, 7) is 1.67. The third-order valence-corrected chi connectivity index (χ3v) is 3.21. The Labute approximate surface area is 102 Å². The minimum absolute atomic E-state index is 0.193. The van der Waals surface area contributed by atoms with Crippen molar-refractivity contribution in [2.45, 2.75) is 11.8 Å². The molecule has 0 saturated carbocycles. The first-order valence-electron chi connectivity index (χ1n) is 4.88. The van der Waals surface area contributed by atoms with E-state index in [0.29, 0.717) is 5.69 Å². The fourth-order valence-electron chi connectivity index (χ4n) is 1.55. The van der Waals surface area contributed by atoms with Gasteiger partial charge in [-0.3, -0.25) is 14.4 Å². The van der Waals surface area contributed by atoms with Crippen LogP contribution in [0.1, 0.15) is 5.69 Å². The highest BCUT2D eigenvalue weighted by atomic mass is 32.2. The average molecular weight is 270 g/mol. The molecular formula is C10H10N2O5S. The van der Waals surface area contributed by atoms with Crippen molar-refractivity contribution >= 4 is 10.1 Å². The van der Waals surface area contributed by atoms with Gasteiger partial charge in [-0.2, -0.15) is 8.42 Å². The number of hydrogen-bond donors (Lipinski definition) is 3. The highest BCUT2D eigenvalue weighted by molar-refractivity contribution is 7.86. The van der Waals surface area contributed by atoms with Crippen LogP contribution in [0, 0.1) is 6.92 Å². The Bertz CT molecular complexity index is 757. The van der Waals surface area contributed by atoms with E-state index >= 15 is 0 Å². The van der Waals surface area contributed by atoms with Gasteiger partial charge < -0.3 is 5.11 Å². The van der Waals surface area contributed by atoms with Crippen LogP contribution in [-0.2, 0) is 10.1 Å². The van der Waals surface area contributed by atoms with Crippen LogP contribution < -0.4 is 5.56 Å². The van der Waals surface area contributed by atoms with Crippen LogP contribution in [0.15, 0.2) is 34.0 Å². The molecule has 0 fully saturated rings. The molecule has 0 bridgehead atoms. The van der Waals surface area contributed by atoms with E-state index in [0.717, 1.165) is 16.8 Å². The van der Waals surface area contributed by atoms with Gasteiger partial charge in [-0.1, -0.05) is 0 Å². The molecule has 0 radical (unpaired) electrons. The second-order valence-corrected chi connectivity index (χ2v) is 5.13. The van der Waals surface area contributed by atoms with Gasteiger partial charge in [0.15, 0.2) is 0 Å². The Kier molecular flexibility index (Phi) is 2.76. The molecule has 3 N–H and O–H groups in total. The Balaban J connectivity index is 2.69. The summed E-state index contributed by atoms with van der Waals surface area (Å²) in [5, 5.41) is 12.1. The van der Waals surface area contributed by atoms with E-state index in [2.05, 4.69) is 5.10 Å². The summed E-state index contributed by atoms with van der Waals surface area (Å²) in [6, 6.07) is 4.77. The van der Waals surface area contributed by atoms with Gasteiger partial charge in [-0.05, 0) is 25.1 Å². The fourth-order valence-corrected chi connectivity index (χ4v) is 2.16. The first kappa shape index (κ1) is 12.4. The second kappa shape index (κ2) is 4.00. The molecule has 2 aromatic rings. The Morgan fingerprint density at radius 3 is 2.44 bits per heavy atom. The lowest BCUT2D eigenvalue weighted by Gasteiger charge is -2.05. The number of aromatic nitrogens is 2. The Hall–Kier alpha value is -2.06. The summed E-state index contributed by atoms with van der Waals surface area (Å²) in [6.07, 6.45) is 0. The number of rotatable bonds is 2. The van der Waals surface area contributed by atoms with Crippen molar-refractivity contribution in [3.05, 3.63) is 40.3 Å². The Morgan fingerprint density at radius 1 is 1.28 bits per heavy atom. The van der Waals surface area contributed by atoms with Gasteiger partial charge in [0.25, 0.3) is 15.7 Å². The van der Waals surface area contributed by atoms with E-state index < -0.39 is 20.8 Å². The minimum atomic E-state index is -4.55. The van der Waals surface area contributed by atoms with Crippen LogP contribution in [0.5, 0.6) is 5.75 Å². The molecule has 7 nitrogen and oxygen atoms in total. The van der Waals surface area contributed by atoms with E-state index in [1.807, 2.05) is 0 Å². The first-order chi connectivity index (χ1) is 8.29. The molecule has 0 aliphatic rings. The number of aryl methyl sites for hydroxylation is 1. The van der Waals surface area contributed by atoms with Crippen molar-refractivity contribution in [3.63, 3.8) is 0 Å². The van der Waals surface area contributed by atoms with E-state index in [9.17, 15) is 18.3 Å². The predicted octanol–water partition coefficient (Wildman–Crippen LogP) is 0.426. The zero-order valence-corrected chi connectivity index (χ0v) is 10.1. The third-order valence-electron chi connectivity index (χ3n) is 2.33. The van der Waals surface area contributed by atoms with Gasteiger partial charge in [0.1, 0.15) is 10.6 Å². The molecule has 1 aromatic carbocycles. The van der Waals surface area contributed by atoms with Crippen LogP contribution in [-0.4, -0.2) is 27.9 Å². The number of aromatic hydroxyl groups is 1. The number of hydrogen-bond acceptors (Lipinski definition) is 4. The monoisotopic (exact) mass is 270 g/mol. The van der Waals surface area contributed by atoms with E-state index in [1.54, 1.807) is 6.92 Å². The molecule has 2 rings (SSSR count). The van der Waals surface area contributed by atoms with E-state index in [1.165, 1.54) is 12.1 Å². The van der Waals surface area contributed by atoms with Crippen LogP contribution in [0.25, 0.3) is 5.69 Å². The smallest absolute Gasteiger partial charge is 0.298 e. The summed E-state index contributed by atoms with van der Waals surface area (Å²) < 4.78 is 32.1. The Morgan fingerprint density at radius 2 is 1.94 bits per heavy atom. The summed E-state index contributed by atoms with van der Waals surface area (Å²) in [5.74, 6) is -0.586. The van der Waals surface area contributed by atoms with Gasteiger partial charge in [0, 0.05) is 11.8 Å². The molecule has 18 heavy (non-hydrogen) atoms. The van der Waals surface area contributed by atoms with Gasteiger partial charge in [-0.15, -0.1) is 0 Å². The maximum Gasteiger partial charge on any atom is 0.298 e. The first-order valence-corrected chi connectivity index (χ1v) is 6.32.